The van der Waals surface area contributed by atoms with E-state index in [0.717, 1.165) is 48.4 Å². The monoisotopic (exact) mass is 308 g/mol. The van der Waals surface area contributed by atoms with Crippen LogP contribution in [0.25, 0.3) is 16.8 Å². The molecule has 1 aliphatic heterocycles. The summed E-state index contributed by atoms with van der Waals surface area (Å²) in [6.07, 6.45) is 6.95. The summed E-state index contributed by atoms with van der Waals surface area (Å²) in [4.78, 5) is 6.99. The first-order valence-corrected chi connectivity index (χ1v) is 8.04. The van der Waals surface area contributed by atoms with Gasteiger partial charge in [0, 0.05) is 43.2 Å². The number of benzene rings is 1. The summed E-state index contributed by atoms with van der Waals surface area (Å²) in [6, 6.07) is 10.2. The Hall–Kier alpha value is -2.24. The van der Waals surface area contributed by atoms with Gasteiger partial charge in [-0.1, -0.05) is 30.3 Å². The van der Waals surface area contributed by atoms with E-state index >= 15 is 0 Å². The second-order valence-electron chi connectivity index (χ2n) is 6.23. The van der Waals surface area contributed by atoms with Gasteiger partial charge in [-0.3, -0.25) is 4.90 Å². The van der Waals surface area contributed by atoms with E-state index in [0.29, 0.717) is 5.92 Å². The molecule has 1 aliphatic rings. The highest BCUT2D eigenvalue weighted by atomic mass is 16.3. The fraction of sp³-hybridized carbons (Fsp3) is 0.333. The molecule has 0 bridgehead atoms. The fourth-order valence-electron chi connectivity index (χ4n) is 3.28. The Morgan fingerprint density at radius 3 is 2.83 bits per heavy atom. The van der Waals surface area contributed by atoms with Gasteiger partial charge in [-0.2, -0.15) is 5.10 Å². The van der Waals surface area contributed by atoms with Crippen LogP contribution in [-0.4, -0.2) is 44.3 Å². The zero-order valence-electron chi connectivity index (χ0n) is 13.0. The highest BCUT2D eigenvalue weighted by Gasteiger charge is 2.21. The topological polar surface area (TPSA) is 53.7 Å². The Labute approximate surface area is 135 Å². The second-order valence-corrected chi connectivity index (χ2v) is 6.23. The van der Waals surface area contributed by atoms with E-state index in [1.54, 1.807) is 0 Å². The summed E-state index contributed by atoms with van der Waals surface area (Å²) in [5.41, 5.74) is 4.22. The third-order valence-electron chi connectivity index (χ3n) is 4.53. The van der Waals surface area contributed by atoms with Gasteiger partial charge in [0.1, 0.15) is 0 Å². The van der Waals surface area contributed by atoms with E-state index in [4.69, 9.17) is 0 Å². The molecule has 3 heterocycles. The molecule has 1 fully saturated rings. The van der Waals surface area contributed by atoms with Gasteiger partial charge in [0.2, 0.25) is 0 Å². The number of rotatable bonds is 4. The van der Waals surface area contributed by atoms with E-state index in [-0.39, 0.29) is 6.61 Å². The van der Waals surface area contributed by atoms with Crippen molar-refractivity contribution >= 4 is 5.65 Å². The Bertz CT molecular complexity index is 799. The van der Waals surface area contributed by atoms with E-state index in [1.807, 2.05) is 35.1 Å². The Kier molecular flexibility index (Phi) is 3.81. The molecule has 0 aliphatic carbocycles. The summed E-state index contributed by atoms with van der Waals surface area (Å²) in [5.74, 6) is 0.418. The lowest BCUT2D eigenvalue weighted by Gasteiger charge is -2.15. The molecular weight excluding hydrogens is 288 g/mol. The van der Waals surface area contributed by atoms with E-state index in [9.17, 15) is 5.11 Å². The van der Waals surface area contributed by atoms with E-state index in [2.05, 4.69) is 33.3 Å². The predicted molar refractivity (Wildman–Crippen MR) is 88.9 cm³/mol. The van der Waals surface area contributed by atoms with Crippen LogP contribution in [0.4, 0.5) is 0 Å². The van der Waals surface area contributed by atoms with E-state index < -0.39 is 0 Å². The molecule has 1 saturated heterocycles. The molecule has 2 aromatic heterocycles. The van der Waals surface area contributed by atoms with Crippen molar-refractivity contribution in [1.82, 2.24) is 19.5 Å². The maximum absolute atomic E-state index is 9.25. The highest BCUT2D eigenvalue weighted by Crippen LogP contribution is 2.23. The van der Waals surface area contributed by atoms with Crippen LogP contribution in [0.15, 0.2) is 48.9 Å². The van der Waals surface area contributed by atoms with Gasteiger partial charge < -0.3 is 5.11 Å². The molecule has 5 nitrogen and oxygen atoms in total. The first-order valence-electron chi connectivity index (χ1n) is 8.04. The number of hydrogen-bond acceptors (Lipinski definition) is 4. The Balaban J connectivity index is 1.58. The maximum Gasteiger partial charge on any atom is 0.162 e. The number of fused-ring (bicyclic) bond motifs is 1. The van der Waals surface area contributed by atoms with Crippen molar-refractivity contribution < 1.29 is 5.11 Å². The van der Waals surface area contributed by atoms with Crippen LogP contribution in [0.3, 0.4) is 0 Å². The van der Waals surface area contributed by atoms with Crippen molar-refractivity contribution in [2.24, 2.45) is 5.92 Å². The second kappa shape index (κ2) is 6.10. The molecule has 0 radical (unpaired) electrons. The van der Waals surface area contributed by atoms with Crippen LogP contribution in [0.2, 0.25) is 0 Å². The first-order chi connectivity index (χ1) is 11.3. The Morgan fingerprint density at radius 2 is 2.04 bits per heavy atom. The minimum Gasteiger partial charge on any atom is -0.396 e. The van der Waals surface area contributed by atoms with Gasteiger partial charge in [0.05, 0.1) is 6.20 Å². The molecule has 4 rings (SSSR count). The third-order valence-corrected chi connectivity index (χ3v) is 4.53. The minimum absolute atomic E-state index is 0.285. The maximum atomic E-state index is 9.25. The average molecular weight is 308 g/mol. The van der Waals surface area contributed by atoms with E-state index in [1.165, 1.54) is 0 Å². The molecule has 5 heteroatoms. The average Bonchev–Trinajstić information content (AvgIpc) is 3.22. The first kappa shape index (κ1) is 14.4. The molecule has 118 valence electrons. The van der Waals surface area contributed by atoms with Gasteiger partial charge >= 0.3 is 0 Å². The van der Waals surface area contributed by atoms with Crippen LogP contribution in [-0.2, 0) is 6.54 Å². The Morgan fingerprint density at radius 1 is 1.17 bits per heavy atom. The molecule has 3 aromatic rings. The molecule has 23 heavy (non-hydrogen) atoms. The SMILES string of the molecule is OC[C@H]1CCN(Cc2cnc3c(-c4ccccc4)cnn3c2)C1. The number of aromatic nitrogens is 3. The predicted octanol–water partition coefficient (Wildman–Crippen LogP) is 2.21. The number of aliphatic hydroxyl groups is 1. The summed E-state index contributed by atoms with van der Waals surface area (Å²) < 4.78 is 1.86. The molecule has 0 saturated carbocycles. The number of aliphatic hydroxyl groups excluding tert-OH is 1. The fourth-order valence-corrected chi connectivity index (χ4v) is 3.28. The van der Waals surface area contributed by atoms with Crippen molar-refractivity contribution in [1.29, 1.82) is 0 Å². The normalized spacial score (nSPS) is 18.7. The largest absolute Gasteiger partial charge is 0.396 e. The quantitative estimate of drug-likeness (QED) is 0.803. The standard InChI is InChI=1S/C18H20N4O/c23-13-14-6-7-21(10-14)11-15-8-19-18-17(9-20-22(18)12-15)16-4-2-1-3-5-16/h1-5,8-9,12,14,23H,6-7,10-11,13H2/t14-/m0/s1. The van der Waals surface area contributed by atoms with Crippen molar-refractivity contribution in [3.05, 3.63) is 54.5 Å². The number of likely N-dealkylation sites (tertiary alicyclic amines) is 1. The molecule has 0 unspecified atom stereocenters. The number of hydrogen-bond donors (Lipinski definition) is 1. The minimum atomic E-state index is 0.285. The lowest BCUT2D eigenvalue weighted by Crippen LogP contribution is -2.21. The summed E-state index contributed by atoms with van der Waals surface area (Å²) >= 11 is 0. The number of nitrogens with zero attached hydrogens (tertiary/aromatic N) is 4. The van der Waals surface area contributed by atoms with Crippen LogP contribution >= 0.6 is 0 Å². The molecule has 1 N–H and O–H groups in total. The van der Waals surface area contributed by atoms with Gasteiger partial charge in [-0.15, -0.1) is 0 Å². The van der Waals surface area contributed by atoms with Gasteiger partial charge in [0.25, 0.3) is 0 Å². The van der Waals surface area contributed by atoms with Crippen LogP contribution in [0.1, 0.15) is 12.0 Å². The highest BCUT2D eigenvalue weighted by molar-refractivity contribution is 5.76. The smallest absolute Gasteiger partial charge is 0.162 e. The third kappa shape index (κ3) is 2.85. The molecule has 1 atom stereocenters. The molecule has 0 spiro atoms. The van der Waals surface area contributed by atoms with Crippen molar-refractivity contribution in [2.75, 3.05) is 19.7 Å². The van der Waals surface area contributed by atoms with Crippen molar-refractivity contribution in [3.8, 4) is 11.1 Å². The van der Waals surface area contributed by atoms with Crippen LogP contribution < -0.4 is 0 Å². The molecule has 0 amide bonds. The lowest BCUT2D eigenvalue weighted by molar-refractivity contribution is 0.220. The zero-order chi connectivity index (χ0) is 15.6. The summed E-state index contributed by atoms with van der Waals surface area (Å²) in [6.45, 7) is 3.15. The zero-order valence-corrected chi connectivity index (χ0v) is 13.0. The summed E-state index contributed by atoms with van der Waals surface area (Å²) in [5, 5.41) is 13.7. The van der Waals surface area contributed by atoms with Crippen LogP contribution in [0, 0.1) is 5.92 Å². The lowest BCUT2D eigenvalue weighted by atomic mass is 10.1. The molecule has 1 aromatic carbocycles. The van der Waals surface area contributed by atoms with Crippen molar-refractivity contribution in [3.63, 3.8) is 0 Å². The van der Waals surface area contributed by atoms with Gasteiger partial charge in [-0.25, -0.2) is 9.50 Å². The van der Waals surface area contributed by atoms with Gasteiger partial charge in [-0.05, 0) is 24.4 Å². The van der Waals surface area contributed by atoms with Crippen molar-refractivity contribution in [2.45, 2.75) is 13.0 Å². The molecular formula is C18H20N4O. The van der Waals surface area contributed by atoms with Crippen LogP contribution in [0.5, 0.6) is 0 Å². The van der Waals surface area contributed by atoms with Gasteiger partial charge in [0.15, 0.2) is 5.65 Å². The summed E-state index contributed by atoms with van der Waals surface area (Å²) in [7, 11) is 0.